The van der Waals surface area contributed by atoms with Gasteiger partial charge >= 0.3 is 5.97 Å². The SMILES string of the molecule is CCOC(=O)c1cnc2c(CC)cccc2c1NCc1cccnc1. The van der Waals surface area contributed by atoms with Crippen molar-refractivity contribution in [2.45, 2.75) is 26.8 Å². The van der Waals surface area contributed by atoms with Crippen LogP contribution in [0.4, 0.5) is 5.69 Å². The molecule has 1 aromatic carbocycles. The lowest BCUT2D eigenvalue weighted by molar-refractivity contribution is 0.0527. The Bertz CT molecular complexity index is 879. The number of hydrogen-bond donors (Lipinski definition) is 1. The van der Waals surface area contributed by atoms with Crippen LogP contribution in [0.15, 0.2) is 48.9 Å². The molecule has 0 fully saturated rings. The van der Waals surface area contributed by atoms with Crippen molar-refractivity contribution in [3.8, 4) is 0 Å². The molecule has 0 spiro atoms. The minimum Gasteiger partial charge on any atom is -0.462 e. The second kappa shape index (κ2) is 7.75. The third kappa shape index (κ3) is 3.60. The summed E-state index contributed by atoms with van der Waals surface area (Å²) in [5.74, 6) is -0.368. The molecule has 1 N–H and O–H groups in total. The second-order valence-electron chi connectivity index (χ2n) is 5.65. The van der Waals surface area contributed by atoms with E-state index >= 15 is 0 Å². The number of pyridine rings is 2. The third-order valence-electron chi connectivity index (χ3n) is 4.05. The normalized spacial score (nSPS) is 10.6. The summed E-state index contributed by atoms with van der Waals surface area (Å²) in [6.45, 7) is 4.78. The summed E-state index contributed by atoms with van der Waals surface area (Å²) >= 11 is 0. The van der Waals surface area contributed by atoms with Crippen molar-refractivity contribution in [2.75, 3.05) is 11.9 Å². The summed E-state index contributed by atoms with van der Waals surface area (Å²) < 4.78 is 5.19. The van der Waals surface area contributed by atoms with Gasteiger partial charge in [-0.3, -0.25) is 9.97 Å². The fraction of sp³-hybridized carbons (Fsp3) is 0.250. The van der Waals surface area contributed by atoms with Crippen LogP contribution in [0, 0.1) is 0 Å². The van der Waals surface area contributed by atoms with Crippen molar-refractivity contribution in [3.63, 3.8) is 0 Å². The van der Waals surface area contributed by atoms with Crippen molar-refractivity contribution in [2.24, 2.45) is 0 Å². The van der Waals surface area contributed by atoms with Gasteiger partial charge in [-0.25, -0.2) is 4.79 Å². The van der Waals surface area contributed by atoms with Crippen molar-refractivity contribution >= 4 is 22.6 Å². The van der Waals surface area contributed by atoms with Crippen LogP contribution in [-0.4, -0.2) is 22.5 Å². The van der Waals surface area contributed by atoms with Crippen LogP contribution in [0.3, 0.4) is 0 Å². The minimum atomic E-state index is -0.368. The molecule has 0 aliphatic rings. The standard InChI is InChI=1S/C20H21N3O2/c1-3-15-8-5-9-16-18(15)23-13-17(20(24)25-4-2)19(16)22-12-14-7-6-10-21-11-14/h5-11,13H,3-4,12H2,1-2H3,(H,22,23). The largest absolute Gasteiger partial charge is 0.462 e. The first-order chi connectivity index (χ1) is 12.2. The van der Waals surface area contributed by atoms with Gasteiger partial charge in [-0.2, -0.15) is 0 Å². The molecule has 5 heteroatoms. The van der Waals surface area contributed by atoms with Crippen molar-refractivity contribution in [1.29, 1.82) is 0 Å². The second-order valence-corrected chi connectivity index (χ2v) is 5.65. The molecule has 0 amide bonds. The lowest BCUT2D eigenvalue weighted by Gasteiger charge is -2.15. The molecule has 3 aromatic rings. The van der Waals surface area contributed by atoms with E-state index in [-0.39, 0.29) is 5.97 Å². The molecule has 25 heavy (non-hydrogen) atoms. The highest BCUT2D eigenvalue weighted by atomic mass is 16.5. The Morgan fingerprint density at radius 2 is 2.04 bits per heavy atom. The van der Waals surface area contributed by atoms with Gasteiger partial charge in [0.25, 0.3) is 0 Å². The molecule has 0 unspecified atom stereocenters. The molecule has 0 atom stereocenters. The fourth-order valence-electron chi connectivity index (χ4n) is 2.82. The van der Waals surface area contributed by atoms with Gasteiger partial charge < -0.3 is 10.1 Å². The topological polar surface area (TPSA) is 64.1 Å². The van der Waals surface area contributed by atoms with E-state index in [0.29, 0.717) is 18.7 Å². The Morgan fingerprint density at radius 3 is 2.76 bits per heavy atom. The van der Waals surface area contributed by atoms with Gasteiger partial charge in [-0.05, 0) is 30.5 Å². The van der Waals surface area contributed by atoms with Gasteiger partial charge in [0.1, 0.15) is 5.56 Å². The average molecular weight is 335 g/mol. The molecule has 0 aliphatic heterocycles. The highest BCUT2D eigenvalue weighted by molar-refractivity contribution is 6.05. The van der Waals surface area contributed by atoms with Crippen molar-refractivity contribution < 1.29 is 9.53 Å². The Labute approximate surface area is 147 Å². The molecular formula is C20H21N3O2. The molecule has 128 valence electrons. The van der Waals surface area contributed by atoms with Crippen LogP contribution in [0.25, 0.3) is 10.9 Å². The monoisotopic (exact) mass is 335 g/mol. The highest BCUT2D eigenvalue weighted by Gasteiger charge is 2.17. The zero-order valence-electron chi connectivity index (χ0n) is 14.5. The van der Waals surface area contributed by atoms with Crippen molar-refractivity contribution in [3.05, 3.63) is 65.6 Å². The van der Waals surface area contributed by atoms with E-state index in [9.17, 15) is 4.79 Å². The van der Waals surface area contributed by atoms with E-state index in [4.69, 9.17) is 4.74 Å². The van der Waals surface area contributed by atoms with Crippen LogP contribution in [0.1, 0.15) is 35.3 Å². The average Bonchev–Trinajstić information content (AvgIpc) is 2.66. The predicted molar refractivity (Wildman–Crippen MR) is 98.6 cm³/mol. The number of nitrogens with zero attached hydrogens (tertiary/aromatic N) is 2. The van der Waals surface area contributed by atoms with E-state index < -0.39 is 0 Å². The Morgan fingerprint density at radius 1 is 1.16 bits per heavy atom. The molecule has 3 rings (SSSR count). The maximum Gasteiger partial charge on any atom is 0.341 e. The number of nitrogens with one attached hydrogen (secondary N) is 1. The summed E-state index contributed by atoms with van der Waals surface area (Å²) in [4.78, 5) is 21.0. The zero-order valence-corrected chi connectivity index (χ0v) is 14.5. The predicted octanol–water partition coefficient (Wildman–Crippen LogP) is 3.98. The summed E-state index contributed by atoms with van der Waals surface area (Å²) in [5, 5.41) is 4.31. The summed E-state index contributed by atoms with van der Waals surface area (Å²) in [5.41, 5.74) is 4.30. The highest BCUT2D eigenvalue weighted by Crippen LogP contribution is 2.29. The number of benzene rings is 1. The zero-order chi connectivity index (χ0) is 17.6. The van der Waals surface area contributed by atoms with E-state index in [1.807, 2.05) is 24.3 Å². The number of aromatic nitrogens is 2. The van der Waals surface area contributed by atoms with Crippen LogP contribution >= 0.6 is 0 Å². The summed E-state index contributed by atoms with van der Waals surface area (Å²) in [6.07, 6.45) is 6.02. The maximum absolute atomic E-state index is 12.4. The third-order valence-corrected chi connectivity index (χ3v) is 4.05. The first-order valence-corrected chi connectivity index (χ1v) is 8.45. The van der Waals surface area contributed by atoms with Gasteiger partial charge in [-0.15, -0.1) is 0 Å². The van der Waals surface area contributed by atoms with Gasteiger partial charge in [0.2, 0.25) is 0 Å². The molecule has 5 nitrogen and oxygen atoms in total. The van der Waals surface area contributed by atoms with Crippen LogP contribution in [-0.2, 0) is 17.7 Å². The summed E-state index contributed by atoms with van der Waals surface area (Å²) in [6, 6.07) is 9.92. The Hall–Kier alpha value is -2.95. The smallest absolute Gasteiger partial charge is 0.341 e. The van der Waals surface area contributed by atoms with Crippen LogP contribution in [0.5, 0.6) is 0 Å². The van der Waals surface area contributed by atoms with E-state index in [1.54, 1.807) is 25.5 Å². The molecule has 2 heterocycles. The lowest BCUT2D eigenvalue weighted by Crippen LogP contribution is -2.11. The number of esters is 1. The molecule has 0 saturated heterocycles. The number of carbonyl (C=O) groups is 1. The number of carbonyl (C=O) groups excluding carboxylic acids is 1. The fourth-order valence-corrected chi connectivity index (χ4v) is 2.82. The van der Waals surface area contributed by atoms with Gasteiger partial charge in [0, 0.05) is 30.5 Å². The van der Waals surface area contributed by atoms with E-state index in [0.717, 1.165) is 34.1 Å². The Kier molecular flexibility index (Phi) is 5.23. The van der Waals surface area contributed by atoms with Gasteiger partial charge in [0.15, 0.2) is 0 Å². The molecular weight excluding hydrogens is 314 g/mol. The number of anilines is 1. The van der Waals surface area contributed by atoms with Gasteiger partial charge in [0.05, 0.1) is 17.8 Å². The number of fused-ring (bicyclic) bond motifs is 1. The maximum atomic E-state index is 12.4. The number of para-hydroxylation sites is 1. The number of ether oxygens (including phenoxy) is 1. The van der Waals surface area contributed by atoms with E-state index in [1.165, 1.54) is 0 Å². The van der Waals surface area contributed by atoms with Crippen molar-refractivity contribution in [1.82, 2.24) is 9.97 Å². The van der Waals surface area contributed by atoms with Gasteiger partial charge in [-0.1, -0.05) is 31.2 Å². The number of hydrogen-bond acceptors (Lipinski definition) is 5. The first-order valence-electron chi connectivity index (χ1n) is 8.45. The molecule has 0 aliphatic carbocycles. The quantitative estimate of drug-likeness (QED) is 0.690. The first kappa shape index (κ1) is 16.9. The number of rotatable bonds is 6. The lowest BCUT2D eigenvalue weighted by atomic mass is 10.0. The van der Waals surface area contributed by atoms with E-state index in [2.05, 4.69) is 28.3 Å². The van der Waals surface area contributed by atoms with Crippen LogP contribution < -0.4 is 5.32 Å². The molecule has 0 saturated carbocycles. The molecule has 2 aromatic heterocycles. The minimum absolute atomic E-state index is 0.327. The van der Waals surface area contributed by atoms with Crippen LogP contribution in [0.2, 0.25) is 0 Å². The Balaban J connectivity index is 2.07. The summed E-state index contributed by atoms with van der Waals surface area (Å²) in [7, 11) is 0. The molecule has 0 bridgehead atoms. The molecule has 0 radical (unpaired) electrons. The number of aryl methyl sites for hydroxylation is 1.